The van der Waals surface area contributed by atoms with Gasteiger partial charge in [-0.3, -0.25) is 9.69 Å². The summed E-state index contributed by atoms with van der Waals surface area (Å²) in [6.07, 6.45) is 0.619. The van der Waals surface area contributed by atoms with E-state index in [1.54, 1.807) is 37.0 Å². The predicted octanol–water partition coefficient (Wildman–Crippen LogP) is 4.55. The number of carbonyl (C=O) groups excluding carboxylic acids is 2. The Balaban J connectivity index is 1.46. The second-order valence-corrected chi connectivity index (χ2v) is 10.9. The molecule has 2 aromatic heterocycles. The Kier molecular flexibility index (Phi) is 7.46. The van der Waals surface area contributed by atoms with E-state index in [0.717, 1.165) is 21.7 Å². The van der Waals surface area contributed by atoms with E-state index in [9.17, 15) is 14.7 Å². The second-order valence-electron chi connectivity index (χ2n) is 10.0. The van der Waals surface area contributed by atoms with Crippen molar-refractivity contribution in [3.8, 4) is 10.4 Å². The smallest absolute Gasteiger partial charge is 0.411 e. The van der Waals surface area contributed by atoms with Crippen LogP contribution in [0.3, 0.4) is 0 Å². The van der Waals surface area contributed by atoms with Crippen LogP contribution in [0.1, 0.15) is 67.7 Å². The van der Waals surface area contributed by atoms with E-state index in [1.165, 1.54) is 11.1 Å². The van der Waals surface area contributed by atoms with E-state index in [2.05, 4.69) is 27.1 Å². The van der Waals surface area contributed by atoms with Crippen LogP contribution in [0.25, 0.3) is 10.4 Å². The zero-order chi connectivity index (χ0) is 26.0. The molecule has 1 saturated heterocycles. The molecule has 36 heavy (non-hydrogen) atoms. The highest BCUT2D eigenvalue weighted by atomic mass is 32.1. The largest absolute Gasteiger partial charge is 0.444 e. The summed E-state index contributed by atoms with van der Waals surface area (Å²) in [4.78, 5) is 42.1. The molecule has 10 heteroatoms. The summed E-state index contributed by atoms with van der Waals surface area (Å²) in [5.74, 6) is 0.280. The highest BCUT2D eigenvalue weighted by molar-refractivity contribution is 7.13. The van der Waals surface area contributed by atoms with Gasteiger partial charge >= 0.3 is 6.09 Å². The minimum Gasteiger partial charge on any atom is -0.444 e. The number of hydrogen-bond acceptors (Lipinski definition) is 7. The molecule has 0 aliphatic carbocycles. The van der Waals surface area contributed by atoms with Gasteiger partial charge in [0.25, 0.3) is 5.91 Å². The van der Waals surface area contributed by atoms with E-state index >= 15 is 0 Å². The number of nitrogens with zero attached hydrogens (tertiary/aromatic N) is 4. The van der Waals surface area contributed by atoms with Gasteiger partial charge in [0.1, 0.15) is 17.1 Å². The molecule has 2 N–H and O–H groups in total. The van der Waals surface area contributed by atoms with Crippen molar-refractivity contribution in [2.24, 2.45) is 0 Å². The Morgan fingerprint density at radius 2 is 1.97 bits per heavy atom. The van der Waals surface area contributed by atoms with Gasteiger partial charge in [-0.2, -0.15) is 0 Å². The van der Waals surface area contributed by atoms with Gasteiger partial charge in [0.05, 0.1) is 41.0 Å². The van der Waals surface area contributed by atoms with E-state index in [4.69, 9.17) is 4.74 Å². The maximum Gasteiger partial charge on any atom is 0.411 e. The van der Waals surface area contributed by atoms with Gasteiger partial charge in [-0.05, 0) is 45.7 Å². The maximum absolute atomic E-state index is 13.3. The van der Waals surface area contributed by atoms with Crippen LogP contribution in [-0.4, -0.2) is 66.7 Å². The molecule has 1 fully saturated rings. The molecule has 0 radical (unpaired) electrons. The zero-order valence-corrected chi connectivity index (χ0v) is 22.1. The summed E-state index contributed by atoms with van der Waals surface area (Å²) in [6, 6.07) is 7.68. The fraction of sp³-hybridized carbons (Fsp3) is 0.462. The lowest BCUT2D eigenvalue weighted by Crippen LogP contribution is -2.37. The van der Waals surface area contributed by atoms with Crippen molar-refractivity contribution >= 4 is 23.3 Å². The molecule has 1 aromatic carbocycles. The Bertz CT molecular complexity index is 1210. The Morgan fingerprint density at radius 3 is 2.58 bits per heavy atom. The lowest BCUT2D eigenvalue weighted by atomic mass is 10.1. The van der Waals surface area contributed by atoms with Crippen LogP contribution in [0.2, 0.25) is 0 Å². The lowest BCUT2D eigenvalue weighted by Gasteiger charge is -2.27. The minimum absolute atomic E-state index is 0.154. The van der Waals surface area contributed by atoms with Crippen molar-refractivity contribution in [3.05, 3.63) is 58.7 Å². The molecule has 2 amide bonds. The van der Waals surface area contributed by atoms with Crippen molar-refractivity contribution in [2.45, 2.75) is 65.3 Å². The van der Waals surface area contributed by atoms with Crippen molar-refractivity contribution in [1.82, 2.24) is 24.8 Å². The average molecular weight is 512 g/mol. The van der Waals surface area contributed by atoms with E-state index in [1.807, 2.05) is 31.5 Å². The summed E-state index contributed by atoms with van der Waals surface area (Å²) in [7, 11) is 0. The maximum atomic E-state index is 13.3. The van der Waals surface area contributed by atoms with Gasteiger partial charge in [0, 0.05) is 19.5 Å². The normalized spacial score (nSPS) is 17.9. The molecule has 4 rings (SSSR count). The first-order valence-corrected chi connectivity index (χ1v) is 12.9. The number of rotatable bonds is 6. The number of hydrogen-bond donors (Lipinski definition) is 2. The fourth-order valence-corrected chi connectivity index (χ4v) is 5.08. The molecule has 0 saturated carbocycles. The molecule has 2 atom stereocenters. The third kappa shape index (κ3) is 5.76. The first-order chi connectivity index (χ1) is 17.1. The first kappa shape index (κ1) is 25.8. The number of aryl methyl sites for hydroxylation is 1. The number of benzene rings is 1. The molecule has 0 unspecified atom stereocenters. The van der Waals surface area contributed by atoms with E-state index < -0.39 is 23.8 Å². The molecule has 192 valence electrons. The molecule has 1 aliphatic heterocycles. The quantitative estimate of drug-likeness (QED) is 0.502. The number of aromatic nitrogens is 3. The Morgan fingerprint density at radius 1 is 1.25 bits per heavy atom. The van der Waals surface area contributed by atoms with Crippen LogP contribution in [0.4, 0.5) is 4.79 Å². The first-order valence-electron chi connectivity index (χ1n) is 12.1. The van der Waals surface area contributed by atoms with Crippen molar-refractivity contribution in [2.75, 3.05) is 13.1 Å². The summed E-state index contributed by atoms with van der Waals surface area (Å²) >= 11 is 1.61. The number of carbonyl (C=O) groups is 2. The second kappa shape index (κ2) is 10.4. The van der Waals surface area contributed by atoms with Crippen molar-refractivity contribution < 1.29 is 19.4 Å². The number of H-pyrrole nitrogens is 1. The lowest BCUT2D eigenvalue weighted by molar-refractivity contribution is 0.0201. The van der Waals surface area contributed by atoms with Gasteiger partial charge < -0.3 is 19.7 Å². The molecule has 9 nitrogen and oxygen atoms in total. The van der Waals surface area contributed by atoms with E-state index in [-0.39, 0.29) is 12.5 Å². The van der Waals surface area contributed by atoms with Crippen LogP contribution >= 0.6 is 11.3 Å². The van der Waals surface area contributed by atoms with E-state index in [0.29, 0.717) is 31.0 Å². The molecule has 3 heterocycles. The summed E-state index contributed by atoms with van der Waals surface area (Å²) < 4.78 is 5.49. The SMILES string of the molecule is CCN(Cc1ccc(-c2scnc2C)cc1)C(=O)c1cnc([C@@H]2C[C@@H](O)CN2C(=O)OC(C)(C)C)[nH]1. The van der Waals surface area contributed by atoms with Crippen molar-refractivity contribution in [1.29, 1.82) is 0 Å². The molecule has 3 aromatic rings. The zero-order valence-electron chi connectivity index (χ0n) is 21.3. The monoisotopic (exact) mass is 511 g/mol. The van der Waals surface area contributed by atoms with Gasteiger partial charge in [-0.25, -0.2) is 14.8 Å². The van der Waals surface area contributed by atoms with Gasteiger partial charge in [-0.15, -0.1) is 11.3 Å². The van der Waals surface area contributed by atoms with Crippen LogP contribution in [0.5, 0.6) is 0 Å². The number of nitrogens with one attached hydrogen (secondary N) is 1. The third-order valence-corrected chi connectivity index (χ3v) is 7.03. The number of ether oxygens (including phenoxy) is 1. The fourth-order valence-electron chi connectivity index (χ4n) is 4.27. The molecule has 1 aliphatic rings. The van der Waals surface area contributed by atoms with Crippen LogP contribution in [0.15, 0.2) is 36.0 Å². The van der Waals surface area contributed by atoms with Gasteiger partial charge in [0.2, 0.25) is 0 Å². The predicted molar refractivity (Wildman–Crippen MR) is 138 cm³/mol. The Hall–Kier alpha value is -3.24. The van der Waals surface area contributed by atoms with Gasteiger partial charge in [-0.1, -0.05) is 24.3 Å². The molecule has 0 spiro atoms. The number of β-amino-alcohol motifs (C(OH)–C–C–N with tert-alkyl or cyclic N) is 1. The summed E-state index contributed by atoms with van der Waals surface area (Å²) in [5, 5.41) is 10.2. The number of amides is 2. The van der Waals surface area contributed by atoms with Crippen LogP contribution < -0.4 is 0 Å². The third-order valence-electron chi connectivity index (χ3n) is 6.05. The summed E-state index contributed by atoms with van der Waals surface area (Å²) in [6.45, 7) is 10.4. The standard InChI is InChI=1S/C26H33N5O4S/c1-6-30(13-17-7-9-18(10-8-17)22-16(2)28-15-36-22)24(33)20-12-27-23(29-20)21-11-19(32)14-31(21)25(34)35-26(3,4)5/h7-10,12,15,19,21,32H,6,11,13-14H2,1-5H3,(H,27,29)/t19-,21+/m1/s1. The molecule has 0 bridgehead atoms. The number of imidazole rings is 1. The molecular weight excluding hydrogens is 478 g/mol. The van der Waals surface area contributed by atoms with Crippen molar-refractivity contribution in [3.63, 3.8) is 0 Å². The number of likely N-dealkylation sites (tertiary alicyclic amines) is 1. The minimum atomic E-state index is -0.685. The summed E-state index contributed by atoms with van der Waals surface area (Å²) in [5.41, 5.74) is 4.67. The van der Waals surface area contributed by atoms with Crippen LogP contribution in [-0.2, 0) is 11.3 Å². The van der Waals surface area contributed by atoms with Crippen LogP contribution in [0, 0.1) is 6.92 Å². The average Bonchev–Trinajstić information content (AvgIpc) is 3.56. The highest BCUT2D eigenvalue weighted by Crippen LogP contribution is 2.32. The molecular formula is C26H33N5O4S. The number of aromatic amines is 1. The number of thiazole rings is 1. The number of aliphatic hydroxyl groups excluding tert-OH is 1. The van der Waals surface area contributed by atoms with Gasteiger partial charge in [0.15, 0.2) is 0 Å². The Labute approximate surface area is 215 Å². The topological polar surface area (TPSA) is 112 Å². The highest BCUT2D eigenvalue weighted by Gasteiger charge is 2.39. The number of aliphatic hydroxyl groups is 1.